The molecular weight excluding hydrogens is 634 g/mol. The first-order chi connectivity index (χ1) is 24.9. The molecule has 0 aromatic carbocycles. The van der Waals surface area contributed by atoms with Crippen molar-refractivity contribution < 1.29 is 24.1 Å². The number of carbonyl (C=O) groups excluding carboxylic acids is 1. The summed E-state index contributed by atoms with van der Waals surface area (Å²) >= 11 is 0. The molecule has 0 saturated carbocycles. The molecule has 0 aliphatic rings. The van der Waals surface area contributed by atoms with Gasteiger partial charge in [-0.05, 0) is 84.7 Å². The molecule has 0 aliphatic carbocycles. The number of carbonyl (C=O) groups is 1. The highest BCUT2D eigenvalue weighted by molar-refractivity contribution is 5.69. The van der Waals surface area contributed by atoms with Gasteiger partial charge < -0.3 is 24.2 Å². The molecule has 0 saturated heterocycles. The Bertz CT molecular complexity index is 686. The van der Waals surface area contributed by atoms with Crippen molar-refractivity contribution in [3.8, 4) is 0 Å². The molecule has 0 aliphatic heterocycles. The van der Waals surface area contributed by atoms with Crippen LogP contribution in [0.4, 0.5) is 0 Å². The Kier molecular flexibility index (Phi) is 38.5. The van der Waals surface area contributed by atoms with Crippen molar-refractivity contribution in [2.75, 3.05) is 39.5 Å². The number of esters is 1. The maximum atomic E-state index is 12.7. The van der Waals surface area contributed by atoms with Gasteiger partial charge in [-0.25, -0.2) is 0 Å². The molecule has 0 unspecified atom stereocenters. The van der Waals surface area contributed by atoms with E-state index < -0.39 is 5.79 Å². The van der Waals surface area contributed by atoms with E-state index in [0.29, 0.717) is 6.42 Å². The smallest absolute Gasteiger partial charge is 0.306 e. The van der Waals surface area contributed by atoms with Gasteiger partial charge in [0.15, 0.2) is 5.79 Å². The van der Waals surface area contributed by atoms with E-state index in [4.69, 9.17) is 14.2 Å². The van der Waals surface area contributed by atoms with Gasteiger partial charge in [0.2, 0.25) is 0 Å². The summed E-state index contributed by atoms with van der Waals surface area (Å²) < 4.78 is 18.1. The average Bonchev–Trinajstić information content (AvgIpc) is 3.11. The summed E-state index contributed by atoms with van der Waals surface area (Å²) in [5.74, 6) is -0.472. The molecule has 0 spiro atoms. The molecule has 0 heterocycles. The average molecular weight is 726 g/mol. The minimum atomic E-state index is -0.494. The standard InChI is InChI=1S/C45H91NO5/c1-6-9-12-15-18-25-32-41-49-45(4,5)50-42-33-26-24-31-38-46(39-40-47)37-30-23-19-22-29-36-44(48)51-43(34-27-20-16-13-10-7-2)35-28-21-17-14-11-8-3/h43,47H,6-42H2,1-5H3. The molecule has 1 N–H and O–H groups in total. The fraction of sp³-hybridized carbons (Fsp3) is 0.978. The zero-order valence-corrected chi connectivity index (χ0v) is 35.3. The van der Waals surface area contributed by atoms with Crippen LogP contribution in [0.25, 0.3) is 0 Å². The lowest BCUT2D eigenvalue weighted by Gasteiger charge is -2.26. The minimum Gasteiger partial charge on any atom is -0.462 e. The SMILES string of the molecule is CCCCCCCCCOC(C)(C)OCCCCCCN(CCO)CCCCCCCC(=O)OC(CCCCCCCC)CCCCCCCC. The number of rotatable bonds is 42. The van der Waals surface area contributed by atoms with Crippen LogP contribution in [-0.4, -0.2) is 67.3 Å². The highest BCUT2D eigenvalue weighted by Crippen LogP contribution is 2.19. The van der Waals surface area contributed by atoms with Crippen LogP contribution in [-0.2, 0) is 19.0 Å². The molecule has 0 aromatic rings. The Balaban J connectivity index is 4.01. The summed E-state index contributed by atoms with van der Waals surface area (Å²) in [6.07, 6.45) is 37.4. The zero-order valence-electron chi connectivity index (χ0n) is 35.3. The van der Waals surface area contributed by atoms with Crippen molar-refractivity contribution in [2.45, 2.75) is 246 Å². The van der Waals surface area contributed by atoms with Crippen LogP contribution < -0.4 is 0 Å². The minimum absolute atomic E-state index is 0.0218. The topological polar surface area (TPSA) is 68.2 Å². The van der Waals surface area contributed by atoms with Gasteiger partial charge in [-0.15, -0.1) is 0 Å². The molecule has 6 nitrogen and oxygen atoms in total. The van der Waals surface area contributed by atoms with E-state index in [0.717, 1.165) is 84.2 Å². The first kappa shape index (κ1) is 50.3. The maximum absolute atomic E-state index is 12.7. The van der Waals surface area contributed by atoms with Crippen LogP contribution in [0, 0.1) is 0 Å². The molecule has 51 heavy (non-hydrogen) atoms. The summed E-state index contributed by atoms with van der Waals surface area (Å²) in [5, 5.41) is 9.58. The van der Waals surface area contributed by atoms with Gasteiger partial charge in [-0.1, -0.05) is 156 Å². The van der Waals surface area contributed by atoms with Crippen molar-refractivity contribution >= 4 is 5.97 Å². The number of nitrogens with zero attached hydrogens (tertiary/aromatic N) is 1. The van der Waals surface area contributed by atoms with E-state index in [1.54, 1.807) is 0 Å². The summed E-state index contributed by atoms with van der Waals surface area (Å²) in [5.41, 5.74) is 0. The van der Waals surface area contributed by atoms with Crippen molar-refractivity contribution in [3.05, 3.63) is 0 Å². The number of hydrogen-bond acceptors (Lipinski definition) is 6. The first-order valence-electron chi connectivity index (χ1n) is 22.7. The van der Waals surface area contributed by atoms with Crippen molar-refractivity contribution in [3.63, 3.8) is 0 Å². The number of aliphatic hydroxyl groups excluding tert-OH is 1. The summed E-state index contributed by atoms with van der Waals surface area (Å²) in [6.45, 7) is 15.5. The van der Waals surface area contributed by atoms with Gasteiger partial charge in [0.25, 0.3) is 0 Å². The molecule has 306 valence electrons. The Labute approximate surface area is 319 Å². The van der Waals surface area contributed by atoms with Gasteiger partial charge >= 0.3 is 5.97 Å². The zero-order chi connectivity index (χ0) is 37.5. The molecule has 0 bridgehead atoms. The van der Waals surface area contributed by atoms with Gasteiger partial charge in [0.05, 0.1) is 6.61 Å². The highest BCUT2D eigenvalue weighted by Gasteiger charge is 2.18. The summed E-state index contributed by atoms with van der Waals surface area (Å²) in [7, 11) is 0. The van der Waals surface area contributed by atoms with Gasteiger partial charge in [-0.2, -0.15) is 0 Å². The number of hydrogen-bond donors (Lipinski definition) is 1. The van der Waals surface area contributed by atoms with E-state index >= 15 is 0 Å². The first-order valence-corrected chi connectivity index (χ1v) is 22.7. The van der Waals surface area contributed by atoms with Gasteiger partial charge in [-0.3, -0.25) is 4.79 Å². The van der Waals surface area contributed by atoms with E-state index in [1.165, 1.54) is 141 Å². The monoisotopic (exact) mass is 726 g/mol. The number of aliphatic hydroxyl groups is 1. The van der Waals surface area contributed by atoms with E-state index in [1.807, 2.05) is 13.8 Å². The summed E-state index contributed by atoms with van der Waals surface area (Å²) in [6, 6.07) is 0. The van der Waals surface area contributed by atoms with Crippen LogP contribution in [0.2, 0.25) is 0 Å². The highest BCUT2D eigenvalue weighted by atomic mass is 16.7. The van der Waals surface area contributed by atoms with Crippen LogP contribution in [0.3, 0.4) is 0 Å². The fourth-order valence-electron chi connectivity index (χ4n) is 6.95. The largest absolute Gasteiger partial charge is 0.462 e. The van der Waals surface area contributed by atoms with E-state index in [2.05, 4.69) is 25.7 Å². The molecular formula is C45H91NO5. The van der Waals surface area contributed by atoms with Gasteiger partial charge in [0, 0.05) is 26.2 Å². The molecule has 0 atom stereocenters. The number of ether oxygens (including phenoxy) is 3. The predicted octanol–water partition coefficient (Wildman–Crippen LogP) is 13.1. The second kappa shape index (κ2) is 39.0. The molecule has 6 heteroatoms. The van der Waals surface area contributed by atoms with Crippen molar-refractivity contribution in [1.29, 1.82) is 0 Å². The third kappa shape index (κ3) is 37.4. The normalized spacial score (nSPS) is 12.1. The molecule has 0 aromatic heterocycles. The molecule has 0 amide bonds. The van der Waals surface area contributed by atoms with Crippen molar-refractivity contribution in [2.24, 2.45) is 0 Å². The second-order valence-corrected chi connectivity index (χ2v) is 15.9. The fourth-order valence-corrected chi connectivity index (χ4v) is 6.95. The molecule has 0 fully saturated rings. The Morgan fingerprint density at radius 3 is 1.31 bits per heavy atom. The Morgan fingerprint density at radius 2 is 0.882 bits per heavy atom. The molecule has 0 rings (SSSR count). The third-order valence-electron chi connectivity index (χ3n) is 10.3. The van der Waals surface area contributed by atoms with Crippen LogP contribution in [0.15, 0.2) is 0 Å². The second-order valence-electron chi connectivity index (χ2n) is 15.9. The van der Waals surface area contributed by atoms with Crippen LogP contribution in [0.1, 0.15) is 234 Å². The Morgan fingerprint density at radius 1 is 0.510 bits per heavy atom. The lowest BCUT2D eigenvalue weighted by atomic mass is 10.0. The van der Waals surface area contributed by atoms with Crippen LogP contribution >= 0.6 is 0 Å². The van der Waals surface area contributed by atoms with Gasteiger partial charge in [0.1, 0.15) is 6.10 Å². The van der Waals surface area contributed by atoms with E-state index in [-0.39, 0.29) is 18.7 Å². The predicted molar refractivity (Wildman–Crippen MR) is 220 cm³/mol. The number of unbranched alkanes of at least 4 members (excludes halogenated alkanes) is 23. The molecule has 0 radical (unpaired) electrons. The lowest BCUT2D eigenvalue weighted by molar-refractivity contribution is -0.214. The summed E-state index contributed by atoms with van der Waals surface area (Å²) in [4.78, 5) is 15.1. The van der Waals surface area contributed by atoms with Crippen LogP contribution in [0.5, 0.6) is 0 Å². The quantitative estimate of drug-likeness (QED) is 0.0384. The van der Waals surface area contributed by atoms with Crippen molar-refractivity contribution in [1.82, 2.24) is 4.90 Å². The lowest BCUT2D eigenvalue weighted by Crippen LogP contribution is -2.29. The maximum Gasteiger partial charge on any atom is 0.306 e. The van der Waals surface area contributed by atoms with E-state index in [9.17, 15) is 9.90 Å². The third-order valence-corrected chi connectivity index (χ3v) is 10.3. The Hall–Kier alpha value is -0.690.